The van der Waals surface area contributed by atoms with Crippen LogP contribution in [0.3, 0.4) is 0 Å². The monoisotopic (exact) mass is 487 g/mol. The van der Waals surface area contributed by atoms with Gasteiger partial charge in [-0.15, -0.1) is 0 Å². The van der Waals surface area contributed by atoms with Crippen LogP contribution < -0.4 is 5.43 Å². The molecule has 5 heteroatoms. The lowest BCUT2D eigenvalue weighted by Gasteiger charge is -2.25. The van der Waals surface area contributed by atoms with Crippen molar-refractivity contribution in [3.63, 3.8) is 0 Å². The number of amides is 1. The molecule has 1 aliphatic heterocycles. The molecule has 1 aromatic heterocycles. The normalized spacial score (nSPS) is 15.4. The third kappa shape index (κ3) is 3.56. The van der Waals surface area contributed by atoms with Gasteiger partial charge in [-0.05, 0) is 47.7 Å². The molecule has 0 saturated carbocycles. The Morgan fingerprint density at radius 1 is 0.938 bits per heavy atom. The summed E-state index contributed by atoms with van der Waals surface area (Å²) >= 11 is 3.44. The summed E-state index contributed by atoms with van der Waals surface area (Å²) in [5.74, 6) is -0.0788. The molecule has 160 valence electrons. The number of carbonyl (C=O) groups is 1. The van der Waals surface area contributed by atoms with Crippen molar-refractivity contribution in [1.29, 1.82) is 0 Å². The van der Waals surface area contributed by atoms with Crippen LogP contribution in [0.2, 0.25) is 0 Å². The number of rotatable bonds is 5. The lowest BCUT2D eigenvalue weighted by Crippen LogP contribution is -2.31. The van der Waals surface area contributed by atoms with Crippen LogP contribution in [0, 0.1) is 0 Å². The smallest absolute Gasteiger partial charge is 0.290 e. The van der Waals surface area contributed by atoms with Crippen molar-refractivity contribution in [2.45, 2.75) is 25.8 Å². The molecule has 0 bridgehead atoms. The van der Waals surface area contributed by atoms with Gasteiger partial charge in [0.05, 0.1) is 17.0 Å². The zero-order chi connectivity index (χ0) is 22.2. The highest BCUT2D eigenvalue weighted by atomic mass is 79.9. The Morgan fingerprint density at radius 2 is 1.69 bits per heavy atom. The second-order valence-corrected chi connectivity index (χ2v) is 8.96. The van der Waals surface area contributed by atoms with Crippen molar-refractivity contribution in [1.82, 2.24) is 4.90 Å². The second kappa shape index (κ2) is 8.40. The van der Waals surface area contributed by atoms with Gasteiger partial charge in [-0.25, -0.2) is 0 Å². The zero-order valence-electron chi connectivity index (χ0n) is 17.7. The number of hydrogen-bond donors (Lipinski definition) is 0. The van der Waals surface area contributed by atoms with Gasteiger partial charge in [-0.1, -0.05) is 77.5 Å². The molecule has 32 heavy (non-hydrogen) atoms. The van der Waals surface area contributed by atoms with E-state index in [0.717, 1.165) is 22.0 Å². The topological polar surface area (TPSA) is 50.5 Å². The molecule has 4 aromatic rings. The molecule has 2 heterocycles. The van der Waals surface area contributed by atoms with Crippen LogP contribution in [0.15, 0.2) is 86.5 Å². The first-order valence-corrected chi connectivity index (χ1v) is 11.6. The van der Waals surface area contributed by atoms with E-state index in [2.05, 4.69) is 35.0 Å². The molecule has 0 N–H and O–H groups in total. The van der Waals surface area contributed by atoms with Gasteiger partial charge in [-0.3, -0.25) is 9.59 Å². The van der Waals surface area contributed by atoms with Crippen molar-refractivity contribution in [3.8, 4) is 0 Å². The molecule has 1 aliphatic rings. The maximum Gasteiger partial charge on any atom is 0.290 e. The van der Waals surface area contributed by atoms with Crippen molar-refractivity contribution in [2.24, 2.45) is 0 Å². The Balaban J connectivity index is 1.65. The van der Waals surface area contributed by atoms with E-state index in [1.54, 1.807) is 17.0 Å². The second-order valence-electron chi connectivity index (χ2n) is 8.05. The number of carbonyl (C=O) groups excluding carboxylic acids is 1. The Labute approximate surface area is 194 Å². The van der Waals surface area contributed by atoms with Crippen LogP contribution in [0.1, 0.15) is 45.8 Å². The molecule has 1 atom stereocenters. The maximum absolute atomic E-state index is 13.6. The SMILES string of the molecule is CCc1ccc(C2c3c(oc4ccc(Br)cc4c3=O)C(=O)N2CCc2ccccc2)cc1. The summed E-state index contributed by atoms with van der Waals surface area (Å²) in [4.78, 5) is 28.8. The van der Waals surface area contributed by atoms with Crippen molar-refractivity contribution in [2.75, 3.05) is 6.54 Å². The molecule has 0 aliphatic carbocycles. The summed E-state index contributed by atoms with van der Waals surface area (Å²) in [5, 5.41) is 0.478. The van der Waals surface area contributed by atoms with Crippen LogP contribution in [0.4, 0.5) is 0 Å². The highest BCUT2D eigenvalue weighted by molar-refractivity contribution is 9.10. The first-order chi connectivity index (χ1) is 15.6. The van der Waals surface area contributed by atoms with Crippen LogP contribution in [-0.2, 0) is 12.8 Å². The zero-order valence-corrected chi connectivity index (χ0v) is 19.3. The summed E-state index contributed by atoms with van der Waals surface area (Å²) in [6, 6.07) is 23.1. The van der Waals surface area contributed by atoms with Crippen LogP contribution in [-0.4, -0.2) is 17.4 Å². The summed E-state index contributed by atoms with van der Waals surface area (Å²) < 4.78 is 6.82. The van der Waals surface area contributed by atoms with E-state index in [9.17, 15) is 9.59 Å². The fourth-order valence-electron chi connectivity index (χ4n) is 4.40. The van der Waals surface area contributed by atoms with Gasteiger partial charge in [0.15, 0.2) is 5.43 Å². The van der Waals surface area contributed by atoms with E-state index < -0.39 is 6.04 Å². The lowest BCUT2D eigenvalue weighted by atomic mass is 9.97. The molecule has 5 rings (SSSR count). The number of benzene rings is 3. The molecule has 1 amide bonds. The molecule has 0 radical (unpaired) electrons. The standard InChI is InChI=1S/C27H22BrNO3/c1-2-17-8-10-19(11-9-17)24-23-25(30)21-16-20(28)12-13-22(21)32-26(23)27(31)29(24)15-14-18-6-4-3-5-7-18/h3-13,16,24H,2,14-15H2,1H3. The Hall–Kier alpha value is -3.18. The highest BCUT2D eigenvalue weighted by Gasteiger charge is 2.42. The third-order valence-corrected chi connectivity index (χ3v) is 6.61. The van der Waals surface area contributed by atoms with Crippen molar-refractivity contribution < 1.29 is 9.21 Å². The van der Waals surface area contributed by atoms with Gasteiger partial charge in [0.25, 0.3) is 5.91 Å². The number of halogens is 1. The summed E-state index contributed by atoms with van der Waals surface area (Å²) in [6.07, 6.45) is 1.63. The van der Waals surface area contributed by atoms with E-state index >= 15 is 0 Å². The highest BCUT2D eigenvalue weighted by Crippen LogP contribution is 2.38. The van der Waals surface area contributed by atoms with E-state index in [-0.39, 0.29) is 17.1 Å². The molecule has 0 saturated heterocycles. The van der Waals surface area contributed by atoms with Crippen molar-refractivity contribution in [3.05, 3.63) is 116 Å². The largest absolute Gasteiger partial charge is 0.450 e. The minimum atomic E-state index is -0.466. The van der Waals surface area contributed by atoms with E-state index in [4.69, 9.17) is 4.42 Å². The Bertz CT molecular complexity index is 1360. The van der Waals surface area contributed by atoms with Crippen LogP contribution in [0.5, 0.6) is 0 Å². The van der Waals surface area contributed by atoms with Gasteiger partial charge in [0.1, 0.15) is 5.58 Å². The molecule has 1 unspecified atom stereocenters. The minimum Gasteiger partial charge on any atom is -0.450 e. The Kier molecular flexibility index (Phi) is 5.43. The predicted molar refractivity (Wildman–Crippen MR) is 129 cm³/mol. The number of nitrogens with zero attached hydrogens (tertiary/aromatic N) is 1. The molecular weight excluding hydrogens is 466 g/mol. The van der Waals surface area contributed by atoms with Gasteiger partial charge in [0.2, 0.25) is 5.76 Å². The third-order valence-electron chi connectivity index (χ3n) is 6.12. The molecule has 0 fully saturated rings. The number of aryl methyl sites for hydroxylation is 1. The maximum atomic E-state index is 13.6. The number of fused-ring (bicyclic) bond motifs is 2. The summed E-state index contributed by atoms with van der Waals surface area (Å²) in [5.41, 5.74) is 3.98. The van der Waals surface area contributed by atoms with Gasteiger partial charge in [0, 0.05) is 11.0 Å². The fourth-order valence-corrected chi connectivity index (χ4v) is 4.76. The minimum absolute atomic E-state index is 0.150. The molecule has 3 aromatic carbocycles. The van der Waals surface area contributed by atoms with E-state index in [1.807, 2.05) is 48.5 Å². The molecular formula is C27H22BrNO3. The first kappa shape index (κ1) is 20.7. The average Bonchev–Trinajstić information content (AvgIpc) is 3.10. The van der Waals surface area contributed by atoms with Crippen LogP contribution >= 0.6 is 15.9 Å². The van der Waals surface area contributed by atoms with E-state index in [0.29, 0.717) is 29.5 Å². The summed E-state index contributed by atoms with van der Waals surface area (Å²) in [6.45, 7) is 2.60. The fraction of sp³-hybridized carbons (Fsp3) is 0.185. The van der Waals surface area contributed by atoms with Gasteiger partial charge < -0.3 is 9.32 Å². The number of hydrogen-bond acceptors (Lipinski definition) is 3. The Morgan fingerprint density at radius 3 is 2.41 bits per heavy atom. The predicted octanol–water partition coefficient (Wildman–Crippen LogP) is 5.91. The lowest BCUT2D eigenvalue weighted by molar-refractivity contribution is 0.0730. The van der Waals surface area contributed by atoms with Crippen LogP contribution in [0.25, 0.3) is 11.0 Å². The summed E-state index contributed by atoms with van der Waals surface area (Å²) in [7, 11) is 0. The molecule has 4 nitrogen and oxygen atoms in total. The average molecular weight is 488 g/mol. The van der Waals surface area contributed by atoms with Gasteiger partial charge >= 0.3 is 0 Å². The first-order valence-electron chi connectivity index (χ1n) is 10.8. The molecule has 0 spiro atoms. The van der Waals surface area contributed by atoms with E-state index in [1.165, 1.54) is 5.56 Å². The van der Waals surface area contributed by atoms with Crippen molar-refractivity contribution >= 4 is 32.8 Å². The quantitative estimate of drug-likeness (QED) is 0.351. The van der Waals surface area contributed by atoms with Gasteiger partial charge in [-0.2, -0.15) is 0 Å².